The summed E-state index contributed by atoms with van der Waals surface area (Å²) in [7, 11) is -3.67. The topological polar surface area (TPSA) is 42.2 Å². The first-order valence-corrected chi connectivity index (χ1v) is 13.3. The van der Waals surface area contributed by atoms with Gasteiger partial charge >= 0.3 is 0 Å². The lowest BCUT2D eigenvalue weighted by Gasteiger charge is -2.43. The highest BCUT2D eigenvalue weighted by molar-refractivity contribution is 6.74. The quantitative estimate of drug-likeness (QED) is 0.701. The maximum absolute atomic E-state index is 9.50. The molecule has 0 spiro atoms. The van der Waals surface area contributed by atoms with Crippen molar-refractivity contribution >= 4 is 16.6 Å². The van der Waals surface area contributed by atoms with E-state index in [0.717, 1.165) is 0 Å². The van der Waals surface area contributed by atoms with Crippen LogP contribution in [0.25, 0.3) is 0 Å². The number of nitriles is 1. The van der Waals surface area contributed by atoms with E-state index in [0.29, 0.717) is 0 Å². The average molecular weight is 302 g/mol. The molecule has 0 N–H and O–H groups in total. The van der Waals surface area contributed by atoms with Crippen molar-refractivity contribution in [2.45, 2.75) is 84.1 Å². The minimum absolute atomic E-state index is 0.136. The molecule has 0 amide bonds. The standard InChI is InChI=1S/C14H31NO2Si2/c1-12(16-19(9,10)13(2,3)4)14(5,11-15)17-18(6,7)8/h12H,1-10H3/t12-,14+/m0/s1. The maximum atomic E-state index is 9.50. The fourth-order valence-corrected chi connectivity index (χ4v) is 4.51. The van der Waals surface area contributed by atoms with Crippen LogP contribution in [-0.2, 0) is 8.85 Å². The highest BCUT2D eigenvalue weighted by Crippen LogP contribution is 2.39. The third kappa shape index (κ3) is 5.38. The van der Waals surface area contributed by atoms with E-state index in [1.54, 1.807) is 0 Å². The largest absolute Gasteiger partial charge is 0.410 e. The second-order valence-corrected chi connectivity index (χ2v) is 17.1. The lowest BCUT2D eigenvalue weighted by atomic mass is 10.0. The lowest BCUT2D eigenvalue weighted by molar-refractivity contribution is 0.0115. The van der Waals surface area contributed by atoms with Crippen LogP contribution in [-0.4, -0.2) is 28.3 Å². The lowest BCUT2D eigenvalue weighted by Crippen LogP contribution is -2.53. The second-order valence-electron chi connectivity index (χ2n) is 7.95. The Morgan fingerprint density at radius 2 is 1.42 bits per heavy atom. The molecule has 5 heteroatoms. The van der Waals surface area contributed by atoms with Gasteiger partial charge in [-0.1, -0.05) is 20.8 Å². The Balaban J connectivity index is 5.09. The Kier molecular flexibility index (Phi) is 5.64. The van der Waals surface area contributed by atoms with Gasteiger partial charge in [-0.3, -0.25) is 0 Å². The van der Waals surface area contributed by atoms with Crippen LogP contribution in [0.5, 0.6) is 0 Å². The smallest absolute Gasteiger partial charge is 0.192 e. The van der Waals surface area contributed by atoms with Crippen LogP contribution in [0, 0.1) is 11.3 Å². The van der Waals surface area contributed by atoms with E-state index in [1.165, 1.54) is 0 Å². The first kappa shape index (κ1) is 18.8. The van der Waals surface area contributed by atoms with Crippen molar-refractivity contribution < 1.29 is 8.85 Å². The number of nitrogens with zero attached hydrogens (tertiary/aromatic N) is 1. The van der Waals surface area contributed by atoms with Crippen molar-refractivity contribution in [3.05, 3.63) is 0 Å². The summed E-state index contributed by atoms with van der Waals surface area (Å²) in [4.78, 5) is 0. The molecule has 0 saturated carbocycles. The number of hydrogen-bond donors (Lipinski definition) is 0. The van der Waals surface area contributed by atoms with Gasteiger partial charge in [0.2, 0.25) is 0 Å². The minimum Gasteiger partial charge on any atom is -0.410 e. The molecular formula is C14H31NO2Si2. The SMILES string of the molecule is C[C@H](O[Si](C)(C)C(C)(C)C)[C@@](C)(C#N)O[Si](C)(C)C. The predicted molar refractivity (Wildman–Crippen MR) is 86.2 cm³/mol. The van der Waals surface area contributed by atoms with Crippen molar-refractivity contribution in [3.8, 4) is 6.07 Å². The minimum atomic E-state index is -1.89. The highest BCUT2D eigenvalue weighted by Gasteiger charge is 2.44. The van der Waals surface area contributed by atoms with Crippen LogP contribution in [0.1, 0.15) is 34.6 Å². The third-order valence-electron chi connectivity index (χ3n) is 3.79. The van der Waals surface area contributed by atoms with Crippen molar-refractivity contribution in [2.24, 2.45) is 0 Å². The van der Waals surface area contributed by atoms with Gasteiger partial charge < -0.3 is 8.85 Å². The van der Waals surface area contributed by atoms with Gasteiger partial charge in [-0.05, 0) is 51.6 Å². The Hall–Kier alpha value is -0.156. The first-order valence-electron chi connectivity index (χ1n) is 6.94. The molecule has 0 unspecified atom stereocenters. The molecule has 0 saturated heterocycles. The van der Waals surface area contributed by atoms with Gasteiger partial charge in [0.1, 0.15) is 0 Å². The normalized spacial score (nSPS) is 18.6. The zero-order valence-corrected chi connectivity index (χ0v) is 16.3. The van der Waals surface area contributed by atoms with E-state index < -0.39 is 22.2 Å². The Morgan fingerprint density at radius 3 is 1.68 bits per heavy atom. The van der Waals surface area contributed by atoms with Crippen LogP contribution in [0.15, 0.2) is 0 Å². The fraction of sp³-hybridized carbons (Fsp3) is 0.929. The summed E-state index contributed by atoms with van der Waals surface area (Å²) in [5.74, 6) is 0. The van der Waals surface area contributed by atoms with Gasteiger partial charge in [0.15, 0.2) is 22.2 Å². The molecule has 0 fully saturated rings. The molecule has 0 bridgehead atoms. The van der Waals surface area contributed by atoms with E-state index in [9.17, 15) is 5.26 Å². The zero-order valence-electron chi connectivity index (χ0n) is 14.3. The molecule has 0 radical (unpaired) electrons. The van der Waals surface area contributed by atoms with E-state index in [1.807, 2.05) is 13.8 Å². The fourth-order valence-electron chi connectivity index (χ4n) is 1.56. The highest BCUT2D eigenvalue weighted by atomic mass is 28.4. The molecule has 0 aromatic heterocycles. The van der Waals surface area contributed by atoms with Gasteiger partial charge in [0.25, 0.3) is 0 Å². The van der Waals surface area contributed by atoms with Gasteiger partial charge in [-0.2, -0.15) is 5.26 Å². The Labute approximate surface area is 121 Å². The van der Waals surface area contributed by atoms with Crippen LogP contribution in [0.4, 0.5) is 0 Å². The average Bonchev–Trinajstić information content (AvgIpc) is 2.12. The van der Waals surface area contributed by atoms with Crippen LogP contribution in [0.3, 0.4) is 0 Å². The first-order chi connectivity index (χ1) is 8.15. The summed E-state index contributed by atoms with van der Waals surface area (Å²) in [6.07, 6.45) is -0.217. The Bertz CT molecular complexity index is 350. The van der Waals surface area contributed by atoms with Gasteiger partial charge in [0.05, 0.1) is 12.2 Å². The van der Waals surface area contributed by atoms with Crippen molar-refractivity contribution in [3.63, 3.8) is 0 Å². The van der Waals surface area contributed by atoms with Gasteiger partial charge in [-0.15, -0.1) is 0 Å². The van der Waals surface area contributed by atoms with E-state index in [4.69, 9.17) is 8.85 Å². The number of rotatable bonds is 5. The summed E-state index contributed by atoms with van der Waals surface area (Å²) >= 11 is 0. The molecule has 0 rings (SSSR count). The molecule has 0 heterocycles. The van der Waals surface area contributed by atoms with E-state index >= 15 is 0 Å². The Morgan fingerprint density at radius 1 is 1.00 bits per heavy atom. The maximum Gasteiger partial charge on any atom is 0.192 e. The molecule has 0 aromatic carbocycles. The molecule has 0 aliphatic carbocycles. The molecule has 0 aromatic rings. The molecule has 0 aliphatic heterocycles. The van der Waals surface area contributed by atoms with Gasteiger partial charge in [0, 0.05) is 0 Å². The monoisotopic (exact) mass is 301 g/mol. The summed E-state index contributed by atoms with van der Waals surface area (Å²) in [5, 5.41) is 9.64. The van der Waals surface area contributed by atoms with E-state index in [-0.39, 0.29) is 11.1 Å². The van der Waals surface area contributed by atoms with Crippen LogP contribution >= 0.6 is 0 Å². The number of hydrogen-bond acceptors (Lipinski definition) is 3. The molecule has 3 nitrogen and oxygen atoms in total. The molecular weight excluding hydrogens is 270 g/mol. The van der Waals surface area contributed by atoms with Crippen LogP contribution in [0.2, 0.25) is 37.8 Å². The zero-order chi connectivity index (χ0) is 15.7. The molecule has 112 valence electrons. The molecule has 19 heavy (non-hydrogen) atoms. The molecule has 0 aliphatic rings. The summed E-state index contributed by atoms with van der Waals surface area (Å²) in [6.45, 7) is 21.1. The predicted octanol–water partition coefficient (Wildman–Crippen LogP) is 4.53. The van der Waals surface area contributed by atoms with E-state index in [2.05, 4.69) is 59.6 Å². The van der Waals surface area contributed by atoms with Gasteiger partial charge in [-0.25, -0.2) is 0 Å². The van der Waals surface area contributed by atoms with Crippen molar-refractivity contribution in [2.75, 3.05) is 0 Å². The summed E-state index contributed by atoms with van der Waals surface area (Å²) in [6, 6.07) is 2.32. The van der Waals surface area contributed by atoms with Crippen molar-refractivity contribution in [1.29, 1.82) is 5.26 Å². The summed E-state index contributed by atoms with van der Waals surface area (Å²) in [5.41, 5.74) is -0.861. The summed E-state index contributed by atoms with van der Waals surface area (Å²) < 4.78 is 12.4. The molecule has 2 atom stereocenters. The van der Waals surface area contributed by atoms with Crippen molar-refractivity contribution in [1.82, 2.24) is 0 Å². The second kappa shape index (κ2) is 5.68. The third-order valence-corrected chi connectivity index (χ3v) is 9.39. The van der Waals surface area contributed by atoms with Crippen LogP contribution < -0.4 is 0 Å².